The lowest BCUT2D eigenvalue weighted by atomic mass is 9.85. The normalized spacial score (nSPS) is 11.8. The van der Waals surface area contributed by atoms with Gasteiger partial charge in [-0.2, -0.15) is 0 Å². The number of hydrogen-bond donors (Lipinski definition) is 2. The molecule has 0 unspecified atom stereocenters. The highest BCUT2D eigenvalue weighted by atomic mass is 15.2. The summed E-state index contributed by atoms with van der Waals surface area (Å²) in [7, 11) is 0. The van der Waals surface area contributed by atoms with Crippen molar-refractivity contribution in [1.82, 2.24) is 5.43 Å². The van der Waals surface area contributed by atoms with E-state index >= 15 is 0 Å². The highest BCUT2D eigenvalue weighted by molar-refractivity contribution is 5.34. The first-order chi connectivity index (χ1) is 6.45. The number of nitrogens with one attached hydrogen (secondary N) is 1. The third-order valence-electron chi connectivity index (χ3n) is 2.50. The maximum atomic E-state index is 5.30. The lowest BCUT2D eigenvalue weighted by molar-refractivity contribution is 0.589. The quantitative estimate of drug-likeness (QED) is 0.557. The fourth-order valence-corrected chi connectivity index (χ4v) is 1.47. The molecule has 78 valence electrons. The highest BCUT2D eigenvalue weighted by Crippen LogP contribution is 2.24. The Labute approximate surface area is 86.5 Å². The summed E-state index contributed by atoms with van der Waals surface area (Å²) in [4.78, 5) is 0. The molecule has 0 heterocycles. The average Bonchev–Trinajstić information content (AvgIpc) is 2.07. The summed E-state index contributed by atoms with van der Waals surface area (Å²) < 4.78 is 0. The molecule has 1 aromatic carbocycles. The molecule has 14 heavy (non-hydrogen) atoms. The van der Waals surface area contributed by atoms with Crippen LogP contribution >= 0.6 is 0 Å². The third kappa shape index (κ3) is 2.56. The van der Waals surface area contributed by atoms with Gasteiger partial charge in [-0.1, -0.05) is 39.0 Å². The third-order valence-corrected chi connectivity index (χ3v) is 2.50. The molecular weight excluding hydrogens is 172 g/mol. The van der Waals surface area contributed by atoms with Crippen molar-refractivity contribution in [2.75, 3.05) is 0 Å². The molecule has 0 aromatic heterocycles. The molecular formula is C12H20N2. The van der Waals surface area contributed by atoms with E-state index in [2.05, 4.69) is 51.3 Å². The Morgan fingerprint density at radius 3 is 2.36 bits per heavy atom. The van der Waals surface area contributed by atoms with Gasteiger partial charge in [0.25, 0.3) is 0 Å². The maximum Gasteiger partial charge on any atom is 0.0351 e. The molecule has 1 aromatic rings. The molecule has 2 nitrogen and oxygen atoms in total. The number of aryl methyl sites for hydroxylation is 1. The average molecular weight is 192 g/mol. The van der Waals surface area contributed by atoms with Gasteiger partial charge in [0.05, 0.1) is 0 Å². The Morgan fingerprint density at radius 1 is 1.29 bits per heavy atom. The molecule has 2 heteroatoms. The zero-order valence-electron chi connectivity index (χ0n) is 9.52. The van der Waals surface area contributed by atoms with E-state index in [0.717, 1.165) is 6.54 Å². The van der Waals surface area contributed by atoms with Crippen molar-refractivity contribution in [3.05, 3.63) is 34.9 Å². The van der Waals surface area contributed by atoms with Gasteiger partial charge in [-0.15, -0.1) is 0 Å². The molecule has 3 N–H and O–H groups in total. The van der Waals surface area contributed by atoms with E-state index in [1.54, 1.807) is 0 Å². The van der Waals surface area contributed by atoms with E-state index in [0.29, 0.717) is 0 Å². The first kappa shape index (κ1) is 11.2. The summed E-state index contributed by atoms with van der Waals surface area (Å²) in [6.07, 6.45) is 0. The van der Waals surface area contributed by atoms with Crippen LogP contribution in [0.5, 0.6) is 0 Å². The van der Waals surface area contributed by atoms with Crippen LogP contribution in [0.4, 0.5) is 0 Å². The van der Waals surface area contributed by atoms with Gasteiger partial charge in [-0.25, -0.2) is 0 Å². The summed E-state index contributed by atoms with van der Waals surface area (Å²) in [5, 5.41) is 0. The van der Waals surface area contributed by atoms with E-state index in [1.165, 1.54) is 16.7 Å². The Balaban J connectivity index is 3.01. The zero-order chi connectivity index (χ0) is 10.8. The fraction of sp³-hybridized carbons (Fsp3) is 0.500. The molecule has 0 saturated carbocycles. The lowest BCUT2D eigenvalue weighted by Crippen LogP contribution is -2.21. The number of rotatable bonds is 2. The standard InChI is InChI=1S/C12H20N2/c1-9-7-11(12(2,3)4)6-5-10(9)8-14-13/h5-7,14H,8,13H2,1-4H3. The van der Waals surface area contributed by atoms with Crippen LogP contribution in [0.3, 0.4) is 0 Å². The molecule has 0 aliphatic rings. The summed E-state index contributed by atoms with van der Waals surface area (Å²) in [5.74, 6) is 5.30. The highest BCUT2D eigenvalue weighted by Gasteiger charge is 2.13. The van der Waals surface area contributed by atoms with Crippen molar-refractivity contribution < 1.29 is 0 Å². The molecule has 0 spiro atoms. The second-order valence-corrected chi connectivity index (χ2v) is 4.77. The van der Waals surface area contributed by atoms with Crippen molar-refractivity contribution in [3.63, 3.8) is 0 Å². The molecule has 0 saturated heterocycles. The second kappa shape index (κ2) is 4.11. The minimum atomic E-state index is 0.222. The maximum absolute atomic E-state index is 5.30. The van der Waals surface area contributed by atoms with Crippen LogP contribution in [0.1, 0.15) is 37.5 Å². The van der Waals surface area contributed by atoms with Crippen LogP contribution in [-0.2, 0) is 12.0 Å². The lowest BCUT2D eigenvalue weighted by Gasteiger charge is -2.20. The van der Waals surface area contributed by atoms with Crippen molar-refractivity contribution in [3.8, 4) is 0 Å². The van der Waals surface area contributed by atoms with Crippen LogP contribution < -0.4 is 11.3 Å². The molecule has 0 aliphatic carbocycles. The summed E-state index contributed by atoms with van der Waals surface area (Å²) >= 11 is 0. The number of nitrogens with two attached hydrogens (primary N) is 1. The van der Waals surface area contributed by atoms with Gasteiger partial charge in [-0.3, -0.25) is 11.3 Å². The Bertz CT molecular complexity index is 311. The van der Waals surface area contributed by atoms with Crippen molar-refractivity contribution in [2.45, 2.75) is 39.7 Å². The second-order valence-electron chi connectivity index (χ2n) is 4.77. The Kier molecular flexibility index (Phi) is 3.29. The molecule has 0 amide bonds. The van der Waals surface area contributed by atoms with Gasteiger partial charge in [0.2, 0.25) is 0 Å². The summed E-state index contributed by atoms with van der Waals surface area (Å²) in [6, 6.07) is 6.57. The SMILES string of the molecule is Cc1cc(C(C)(C)C)ccc1CNN. The van der Waals surface area contributed by atoms with E-state index < -0.39 is 0 Å². The number of hydrogen-bond acceptors (Lipinski definition) is 2. The first-order valence-electron chi connectivity index (χ1n) is 4.98. The summed E-state index contributed by atoms with van der Waals surface area (Å²) in [6.45, 7) is 9.53. The fourth-order valence-electron chi connectivity index (χ4n) is 1.47. The molecule has 0 bridgehead atoms. The minimum absolute atomic E-state index is 0.222. The molecule has 0 aliphatic heterocycles. The Hall–Kier alpha value is -0.860. The van der Waals surface area contributed by atoms with E-state index in [-0.39, 0.29) is 5.41 Å². The van der Waals surface area contributed by atoms with Gasteiger partial charge in [0, 0.05) is 6.54 Å². The predicted octanol–water partition coefficient (Wildman–Crippen LogP) is 2.26. The largest absolute Gasteiger partial charge is 0.271 e. The van der Waals surface area contributed by atoms with Crippen LogP contribution in [-0.4, -0.2) is 0 Å². The Morgan fingerprint density at radius 2 is 1.93 bits per heavy atom. The van der Waals surface area contributed by atoms with Gasteiger partial charge < -0.3 is 0 Å². The van der Waals surface area contributed by atoms with E-state index in [9.17, 15) is 0 Å². The van der Waals surface area contributed by atoms with E-state index in [4.69, 9.17) is 5.84 Å². The van der Waals surface area contributed by atoms with E-state index in [1.807, 2.05) is 0 Å². The predicted molar refractivity (Wildman–Crippen MR) is 60.9 cm³/mol. The summed E-state index contributed by atoms with van der Waals surface area (Å²) in [5.41, 5.74) is 6.84. The molecule has 1 rings (SSSR count). The van der Waals surface area contributed by atoms with Gasteiger partial charge >= 0.3 is 0 Å². The van der Waals surface area contributed by atoms with Crippen molar-refractivity contribution in [1.29, 1.82) is 0 Å². The first-order valence-corrected chi connectivity index (χ1v) is 4.98. The van der Waals surface area contributed by atoms with Crippen molar-refractivity contribution in [2.24, 2.45) is 5.84 Å². The van der Waals surface area contributed by atoms with Gasteiger partial charge in [0.1, 0.15) is 0 Å². The molecule has 0 radical (unpaired) electrons. The van der Waals surface area contributed by atoms with Gasteiger partial charge in [-0.05, 0) is 29.0 Å². The van der Waals surface area contributed by atoms with Crippen LogP contribution in [0.25, 0.3) is 0 Å². The smallest absolute Gasteiger partial charge is 0.0351 e. The van der Waals surface area contributed by atoms with Crippen LogP contribution in [0.15, 0.2) is 18.2 Å². The van der Waals surface area contributed by atoms with Crippen LogP contribution in [0.2, 0.25) is 0 Å². The van der Waals surface area contributed by atoms with Crippen LogP contribution in [0, 0.1) is 6.92 Å². The number of hydrazine groups is 1. The number of benzene rings is 1. The van der Waals surface area contributed by atoms with Gasteiger partial charge in [0.15, 0.2) is 0 Å². The van der Waals surface area contributed by atoms with Crippen molar-refractivity contribution >= 4 is 0 Å². The zero-order valence-corrected chi connectivity index (χ0v) is 9.52. The molecule has 0 atom stereocenters. The topological polar surface area (TPSA) is 38.0 Å². The molecule has 0 fully saturated rings. The monoisotopic (exact) mass is 192 g/mol. The minimum Gasteiger partial charge on any atom is -0.271 e.